The minimum Gasteiger partial charge on any atom is -0.483 e. The molecular weight excluding hydrogens is 264 g/mol. The van der Waals surface area contributed by atoms with Crippen molar-refractivity contribution >= 4 is 5.91 Å². The monoisotopic (exact) mass is 290 g/mol. The average molecular weight is 290 g/mol. The molecular formula is C17H26N2O2. The summed E-state index contributed by atoms with van der Waals surface area (Å²) in [5, 5.41) is 3.25. The van der Waals surface area contributed by atoms with Crippen molar-refractivity contribution in [1.29, 1.82) is 0 Å². The Morgan fingerprint density at radius 1 is 1.29 bits per heavy atom. The van der Waals surface area contributed by atoms with Gasteiger partial charge in [0.25, 0.3) is 5.91 Å². The van der Waals surface area contributed by atoms with Crippen LogP contribution in [-0.4, -0.2) is 43.6 Å². The number of para-hydroxylation sites is 1. The van der Waals surface area contributed by atoms with Crippen LogP contribution in [0.4, 0.5) is 0 Å². The van der Waals surface area contributed by atoms with Gasteiger partial charge in [0.15, 0.2) is 6.61 Å². The summed E-state index contributed by atoms with van der Waals surface area (Å²) in [5.74, 6) is 0.924. The lowest BCUT2D eigenvalue weighted by Crippen LogP contribution is -2.48. The molecule has 2 rings (SSSR count). The molecule has 1 aromatic carbocycles. The van der Waals surface area contributed by atoms with Crippen LogP contribution in [0.2, 0.25) is 0 Å². The van der Waals surface area contributed by atoms with Gasteiger partial charge in [0.1, 0.15) is 5.75 Å². The highest BCUT2D eigenvalue weighted by Crippen LogP contribution is 2.33. The van der Waals surface area contributed by atoms with E-state index in [1.165, 1.54) is 0 Å². The first-order valence-electron chi connectivity index (χ1n) is 7.61. The summed E-state index contributed by atoms with van der Waals surface area (Å²) in [6.07, 6.45) is 0. The summed E-state index contributed by atoms with van der Waals surface area (Å²) >= 11 is 0. The van der Waals surface area contributed by atoms with Gasteiger partial charge in [0.2, 0.25) is 0 Å². The molecule has 1 heterocycles. The van der Waals surface area contributed by atoms with Gasteiger partial charge >= 0.3 is 0 Å². The molecule has 1 aliphatic heterocycles. The molecule has 1 saturated heterocycles. The predicted molar refractivity (Wildman–Crippen MR) is 84.8 cm³/mol. The number of carbonyl (C=O) groups is 1. The van der Waals surface area contributed by atoms with Crippen molar-refractivity contribution in [2.45, 2.75) is 33.1 Å². The topological polar surface area (TPSA) is 41.6 Å². The standard InChI is InChI=1S/C17H26N2O2/c1-13-6-5-7-14(17(2,3)4)16(13)21-12-15(20)19-10-8-18-9-11-19/h5-7,18H,8-12H2,1-4H3. The van der Waals surface area contributed by atoms with Crippen molar-refractivity contribution in [3.8, 4) is 5.75 Å². The summed E-state index contributed by atoms with van der Waals surface area (Å²) in [7, 11) is 0. The Morgan fingerprint density at radius 2 is 1.95 bits per heavy atom. The van der Waals surface area contributed by atoms with E-state index in [1.807, 2.05) is 24.0 Å². The second-order valence-electron chi connectivity index (χ2n) is 6.62. The number of piperazine rings is 1. The highest BCUT2D eigenvalue weighted by atomic mass is 16.5. The van der Waals surface area contributed by atoms with E-state index in [4.69, 9.17) is 4.74 Å². The van der Waals surface area contributed by atoms with E-state index in [2.05, 4.69) is 32.2 Å². The van der Waals surface area contributed by atoms with Gasteiger partial charge in [-0.25, -0.2) is 0 Å². The zero-order valence-electron chi connectivity index (χ0n) is 13.5. The van der Waals surface area contributed by atoms with Crippen LogP contribution < -0.4 is 10.1 Å². The smallest absolute Gasteiger partial charge is 0.260 e. The van der Waals surface area contributed by atoms with Crippen LogP contribution in [0, 0.1) is 6.92 Å². The summed E-state index contributed by atoms with van der Waals surface area (Å²) in [4.78, 5) is 14.1. The molecule has 1 N–H and O–H groups in total. The molecule has 1 aliphatic rings. The second-order valence-corrected chi connectivity index (χ2v) is 6.62. The number of rotatable bonds is 3. The molecule has 0 aliphatic carbocycles. The van der Waals surface area contributed by atoms with Crippen LogP contribution in [0.3, 0.4) is 0 Å². The molecule has 1 amide bonds. The van der Waals surface area contributed by atoms with Crippen LogP contribution in [0.25, 0.3) is 0 Å². The third-order valence-corrected chi connectivity index (χ3v) is 3.83. The second kappa shape index (κ2) is 6.48. The molecule has 116 valence electrons. The van der Waals surface area contributed by atoms with E-state index in [-0.39, 0.29) is 17.9 Å². The molecule has 4 nitrogen and oxygen atoms in total. The van der Waals surface area contributed by atoms with Gasteiger partial charge < -0.3 is 15.0 Å². The molecule has 0 saturated carbocycles. The van der Waals surface area contributed by atoms with Gasteiger partial charge in [-0.15, -0.1) is 0 Å². The maximum Gasteiger partial charge on any atom is 0.260 e. The van der Waals surface area contributed by atoms with Crippen molar-refractivity contribution in [2.75, 3.05) is 32.8 Å². The fraction of sp³-hybridized carbons (Fsp3) is 0.588. The van der Waals surface area contributed by atoms with Gasteiger partial charge in [-0.3, -0.25) is 4.79 Å². The van der Waals surface area contributed by atoms with E-state index < -0.39 is 0 Å². The van der Waals surface area contributed by atoms with Crippen molar-refractivity contribution in [2.24, 2.45) is 0 Å². The number of nitrogens with zero attached hydrogens (tertiary/aromatic N) is 1. The summed E-state index contributed by atoms with van der Waals surface area (Å²) in [6.45, 7) is 11.9. The highest BCUT2D eigenvalue weighted by molar-refractivity contribution is 5.78. The molecule has 0 bridgehead atoms. The summed E-state index contributed by atoms with van der Waals surface area (Å²) in [5.41, 5.74) is 2.23. The predicted octanol–water partition coefficient (Wildman–Crippen LogP) is 2.10. The van der Waals surface area contributed by atoms with Crippen LogP contribution in [0.5, 0.6) is 5.75 Å². The molecule has 21 heavy (non-hydrogen) atoms. The number of hydrogen-bond acceptors (Lipinski definition) is 3. The Hall–Kier alpha value is -1.55. The van der Waals surface area contributed by atoms with Crippen molar-refractivity contribution in [3.05, 3.63) is 29.3 Å². The fourth-order valence-corrected chi connectivity index (χ4v) is 2.57. The van der Waals surface area contributed by atoms with E-state index in [9.17, 15) is 4.79 Å². The first-order chi connectivity index (χ1) is 9.89. The van der Waals surface area contributed by atoms with E-state index >= 15 is 0 Å². The largest absolute Gasteiger partial charge is 0.483 e. The Morgan fingerprint density at radius 3 is 2.57 bits per heavy atom. The maximum absolute atomic E-state index is 12.2. The maximum atomic E-state index is 12.2. The Balaban J connectivity index is 2.07. The minimum absolute atomic E-state index is 0.000550. The molecule has 0 spiro atoms. The van der Waals surface area contributed by atoms with Crippen molar-refractivity contribution in [1.82, 2.24) is 10.2 Å². The van der Waals surface area contributed by atoms with Crippen molar-refractivity contribution < 1.29 is 9.53 Å². The Bertz CT molecular complexity index is 500. The minimum atomic E-state index is -0.000550. The summed E-state index contributed by atoms with van der Waals surface area (Å²) in [6, 6.07) is 6.15. The molecule has 0 unspecified atom stereocenters. The number of aryl methyl sites for hydroxylation is 1. The van der Waals surface area contributed by atoms with Crippen LogP contribution in [0.15, 0.2) is 18.2 Å². The number of ether oxygens (including phenoxy) is 1. The average Bonchev–Trinajstić information content (AvgIpc) is 2.45. The van der Waals surface area contributed by atoms with Gasteiger partial charge in [0, 0.05) is 26.2 Å². The van der Waals surface area contributed by atoms with Crippen molar-refractivity contribution in [3.63, 3.8) is 0 Å². The number of hydrogen-bond donors (Lipinski definition) is 1. The number of nitrogens with one attached hydrogen (secondary N) is 1. The Labute approximate surface area is 127 Å². The first-order valence-corrected chi connectivity index (χ1v) is 7.61. The quantitative estimate of drug-likeness (QED) is 0.927. The van der Waals surface area contributed by atoms with E-state index in [0.29, 0.717) is 0 Å². The van der Waals surface area contributed by atoms with Gasteiger partial charge in [0.05, 0.1) is 0 Å². The van der Waals surface area contributed by atoms with E-state index in [1.54, 1.807) is 0 Å². The Kier molecular flexibility index (Phi) is 4.88. The SMILES string of the molecule is Cc1cccc(C(C)(C)C)c1OCC(=O)N1CCNCC1. The lowest BCUT2D eigenvalue weighted by molar-refractivity contribution is -0.133. The highest BCUT2D eigenvalue weighted by Gasteiger charge is 2.22. The van der Waals surface area contributed by atoms with Crippen LogP contribution in [0.1, 0.15) is 31.9 Å². The molecule has 1 aromatic rings. The lowest BCUT2D eigenvalue weighted by atomic mass is 9.85. The lowest BCUT2D eigenvalue weighted by Gasteiger charge is -2.28. The van der Waals surface area contributed by atoms with Crippen LogP contribution >= 0.6 is 0 Å². The van der Waals surface area contributed by atoms with Crippen LogP contribution in [-0.2, 0) is 10.2 Å². The number of benzene rings is 1. The number of carbonyl (C=O) groups excluding carboxylic acids is 1. The van der Waals surface area contributed by atoms with E-state index in [0.717, 1.165) is 43.1 Å². The third-order valence-electron chi connectivity index (χ3n) is 3.83. The van der Waals surface area contributed by atoms with Gasteiger partial charge in [-0.05, 0) is 23.5 Å². The normalized spacial score (nSPS) is 15.9. The molecule has 0 atom stereocenters. The molecule has 0 aromatic heterocycles. The number of amides is 1. The van der Waals surface area contributed by atoms with Gasteiger partial charge in [-0.1, -0.05) is 39.0 Å². The zero-order chi connectivity index (χ0) is 15.5. The van der Waals surface area contributed by atoms with Gasteiger partial charge in [-0.2, -0.15) is 0 Å². The molecule has 4 heteroatoms. The first kappa shape index (κ1) is 15.8. The fourth-order valence-electron chi connectivity index (χ4n) is 2.57. The summed E-state index contributed by atoms with van der Waals surface area (Å²) < 4.78 is 5.90. The molecule has 0 radical (unpaired) electrons. The third kappa shape index (κ3) is 3.97. The zero-order valence-corrected chi connectivity index (χ0v) is 13.5. The molecule has 1 fully saturated rings.